The normalized spacial score (nSPS) is 18.0. The van der Waals surface area contributed by atoms with Gasteiger partial charge in [0.1, 0.15) is 0 Å². The Morgan fingerprint density at radius 3 is 2.34 bits per heavy atom. The van der Waals surface area contributed by atoms with Gasteiger partial charge in [0.2, 0.25) is 5.91 Å². The van der Waals surface area contributed by atoms with Crippen molar-refractivity contribution < 1.29 is 27.9 Å². The monoisotopic (exact) mass is 406 g/mol. The summed E-state index contributed by atoms with van der Waals surface area (Å²) in [6.07, 6.45) is -2.08. The SMILES string of the molecule is O=C(O)C(F)(F)F.O=C([C@@H]1CCCN1)N1CCc2c(-c3ccccc3)cccc21. The molecule has 0 aliphatic carbocycles. The van der Waals surface area contributed by atoms with E-state index in [9.17, 15) is 18.0 Å². The highest BCUT2D eigenvalue weighted by Crippen LogP contribution is 2.36. The van der Waals surface area contributed by atoms with E-state index in [2.05, 4.69) is 47.8 Å². The largest absolute Gasteiger partial charge is 0.490 e. The zero-order valence-corrected chi connectivity index (χ0v) is 15.6. The Balaban J connectivity index is 0.000000298. The van der Waals surface area contributed by atoms with Crippen LogP contribution in [0.4, 0.5) is 18.9 Å². The minimum absolute atomic E-state index is 0.00586. The maximum atomic E-state index is 12.7. The van der Waals surface area contributed by atoms with Gasteiger partial charge in [0, 0.05) is 12.2 Å². The summed E-state index contributed by atoms with van der Waals surface area (Å²) >= 11 is 0. The molecule has 2 aromatic rings. The second-order valence-electron chi connectivity index (χ2n) is 6.86. The predicted molar refractivity (Wildman–Crippen MR) is 103 cm³/mol. The molecule has 5 nitrogen and oxygen atoms in total. The first-order chi connectivity index (χ1) is 13.8. The molecule has 2 N–H and O–H groups in total. The lowest BCUT2D eigenvalue weighted by Crippen LogP contribution is -2.42. The molecule has 0 unspecified atom stereocenters. The highest BCUT2D eigenvalue weighted by atomic mass is 19.4. The van der Waals surface area contributed by atoms with E-state index in [0.29, 0.717) is 0 Å². The number of rotatable bonds is 2. The second-order valence-corrected chi connectivity index (χ2v) is 6.86. The molecule has 2 heterocycles. The van der Waals surface area contributed by atoms with E-state index in [0.717, 1.165) is 38.0 Å². The Hall–Kier alpha value is -2.87. The van der Waals surface area contributed by atoms with Gasteiger partial charge in [-0.25, -0.2) is 4.79 Å². The van der Waals surface area contributed by atoms with Crippen LogP contribution in [-0.2, 0) is 16.0 Å². The standard InChI is InChI=1S/C19H20N2O.C2HF3O2/c22-19(17-9-5-12-20-17)21-13-11-16-15(8-4-10-18(16)21)14-6-2-1-3-7-14;3-2(4,5)1(6)7/h1-4,6-8,10,17,20H,5,9,11-13H2;(H,6,7)/t17-;/m0./s1. The number of carbonyl (C=O) groups excluding carboxylic acids is 1. The Morgan fingerprint density at radius 1 is 1.07 bits per heavy atom. The third-order valence-electron chi connectivity index (χ3n) is 4.98. The molecule has 8 heteroatoms. The molecule has 0 saturated carbocycles. The molecule has 0 bridgehead atoms. The molecule has 2 aliphatic heterocycles. The summed E-state index contributed by atoms with van der Waals surface area (Å²) in [7, 11) is 0. The molecule has 2 aliphatic rings. The van der Waals surface area contributed by atoms with Crippen LogP contribution in [0.25, 0.3) is 11.1 Å². The van der Waals surface area contributed by atoms with Gasteiger partial charge in [0.15, 0.2) is 0 Å². The smallest absolute Gasteiger partial charge is 0.475 e. The molecular formula is C21H21F3N2O3. The van der Waals surface area contributed by atoms with Crippen LogP contribution in [0.2, 0.25) is 0 Å². The number of carbonyl (C=O) groups is 2. The van der Waals surface area contributed by atoms with Crippen LogP contribution in [0, 0.1) is 0 Å². The van der Waals surface area contributed by atoms with E-state index in [-0.39, 0.29) is 11.9 Å². The number of hydrogen-bond donors (Lipinski definition) is 2. The minimum atomic E-state index is -5.08. The molecule has 4 rings (SSSR count). The predicted octanol–water partition coefficient (Wildman–Crippen LogP) is 3.63. The van der Waals surface area contributed by atoms with Gasteiger partial charge in [0.25, 0.3) is 0 Å². The molecule has 1 fully saturated rings. The summed E-state index contributed by atoms with van der Waals surface area (Å²) < 4.78 is 31.7. The highest BCUT2D eigenvalue weighted by molar-refractivity contribution is 6.00. The number of halogens is 3. The molecule has 1 saturated heterocycles. The van der Waals surface area contributed by atoms with E-state index in [1.54, 1.807) is 0 Å². The fourth-order valence-corrected chi connectivity index (χ4v) is 3.63. The van der Waals surface area contributed by atoms with Crippen LogP contribution in [-0.4, -0.2) is 42.3 Å². The molecule has 0 spiro atoms. The van der Waals surface area contributed by atoms with Crippen molar-refractivity contribution in [3.8, 4) is 11.1 Å². The quantitative estimate of drug-likeness (QED) is 0.799. The number of carboxylic acids is 1. The number of alkyl halides is 3. The van der Waals surface area contributed by atoms with E-state index in [4.69, 9.17) is 9.90 Å². The average Bonchev–Trinajstić information content (AvgIpc) is 3.38. The summed E-state index contributed by atoms with van der Waals surface area (Å²) in [5.74, 6) is -2.52. The van der Waals surface area contributed by atoms with Crippen molar-refractivity contribution in [1.82, 2.24) is 5.32 Å². The molecule has 0 radical (unpaired) electrons. The number of anilines is 1. The van der Waals surface area contributed by atoms with Crippen molar-refractivity contribution in [3.63, 3.8) is 0 Å². The van der Waals surface area contributed by atoms with Gasteiger partial charge in [-0.2, -0.15) is 13.2 Å². The minimum Gasteiger partial charge on any atom is -0.475 e. The van der Waals surface area contributed by atoms with Crippen LogP contribution in [0.15, 0.2) is 48.5 Å². The molecular weight excluding hydrogens is 385 g/mol. The number of nitrogens with zero attached hydrogens (tertiary/aromatic N) is 1. The van der Waals surface area contributed by atoms with Gasteiger partial charge in [0.05, 0.1) is 6.04 Å². The Kier molecular flexibility index (Phi) is 6.22. The number of nitrogens with one attached hydrogen (secondary N) is 1. The maximum absolute atomic E-state index is 12.7. The van der Waals surface area contributed by atoms with E-state index >= 15 is 0 Å². The maximum Gasteiger partial charge on any atom is 0.490 e. The van der Waals surface area contributed by atoms with Crippen molar-refractivity contribution in [2.45, 2.75) is 31.5 Å². The lowest BCUT2D eigenvalue weighted by molar-refractivity contribution is -0.192. The first-order valence-corrected chi connectivity index (χ1v) is 9.31. The van der Waals surface area contributed by atoms with E-state index in [1.165, 1.54) is 16.7 Å². The summed E-state index contributed by atoms with van der Waals surface area (Å²) in [5.41, 5.74) is 4.89. The summed E-state index contributed by atoms with van der Waals surface area (Å²) in [4.78, 5) is 23.6. The van der Waals surface area contributed by atoms with Gasteiger partial charge in [-0.05, 0) is 48.6 Å². The summed E-state index contributed by atoms with van der Waals surface area (Å²) in [6, 6.07) is 16.8. The average molecular weight is 406 g/mol. The third kappa shape index (κ3) is 4.76. The highest BCUT2D eigenvalue weighted by Gasteiger charge is 2.38. The molecule has 1 atom stereocenters. The van der Waals surface area contributed by atoms with Crippen molar-refractivity contribution in [3.05, 3.63) is 54.1 Å². The lowest BCUT2D eigenvalue weighted by Gasteiger charge is -2.21. The van der Waals surface area contributed by atoms with Gasteiger partial charge < -0.3 is 15.3 Å². The van der Waals surface area contributed by atoms with Crippen molar-refractivity contribution in [2.75, 3.05) is 18.0 Å². The van der Waals surface area contributed by atoms with Crippen LogP contribution >= 0.6 is 0 Å². The first kappa shape index (κ1) is 20.9. The van der Waals surface area contributed by atoms with Crippen molar-refractivity contribution in [1.29, 1.82) is 0 Å². The molecule has 1 amide bonds. The van der Waals surface area contributed by atoms with Crippen molar-refractivity contribution in [2.24, 2.45) is 0 Å². The zero-order chi connectivity index (χ0) is 21.0. The first-order valence-electron chi connectivity index (χ1n) is 9.31. The van der Waals surface area contributed by atoms with Crippen LogP contribution in [0.5, 0.6) is 0 Å². The number of fused-ring (bicyclic) bond motifs is 1. The number of hydrogen-bond acceptors (Lipinski definition) is 3. The molecule has 0 aromatic heterocycles. The molecule has 2 aromatic carbocycles. The molecule has 154 valence electrons. The van der Waals surface area contributed by atoms with Crippen LogP contribution in [0.3, 0.4) is 0 Å². The van der Waals surface area contributed by atoms with Gasteiger partial charge in [-0.1, -0.05) is 42.5 Å². The fourth-order valence-electron chi connectivity index (χ4n) is 3.63. The van der Waals surface area contributed by atoms with Gasteiger partial charge >= 0.3 is 12.1 Å². The van der Waals surface area contributed by atoms with Crippen LogP contribution in [0.1, 0.15) is 18.4 Å². The third-order valence-corrected chi connectivity index (χ3v) is 4.98. The Morgan fingerprint density at radius 2 is 1.76 bits per heavy atom. The van der Waals surface area contributed by atoms with E-state index in [1.807, 2.05) is 11.0 Å². The van der Waals surface area contributed by atoms with Crippen molar-refractivity contribution >= 4 is 17.6 Å². The topological polar surface area (TPSA) is 69.6 Å². The Labute approximate surface area is 166 Å². The fraction of sp³-hybridized carbons (Fsp3) is 0.333. The van der Waals surface area contributed by atoms with Gasteiger partial charge in [-0.15, -0.1) is 0 Å². The second kappa shape index (κ2) is 8.65. The number of aliphatic carboxylic acids is 1. The number of amides is 1. The zero-order valence-electron chi connectivity index (χ0n) is 15.6. The van der Waals surface area contributed by atoms with Crippen LogP contribution < -0.4 is 10.2 Å². The van der Waals surface area contributed by atoms with E-state index < -0.39 is 12.1 Å². The van der Waals surface area contributed by atoms with Gasteiger partial charge in [-0.3, -0.25) is 4.79 Å². The summed E-state index contributed by atoms with van der Waals surface area (Å²) in [5, 5.41) is 10.4. The molecule has 29 heavy (non-hydrogen) atoms. The lowest BCUT2D eigenvalue weighted by atomic mass is 9.98. The Bertz CT molecular complexity index is 878. The summed E-state index contributed by atoms with van der Waals surface area (Å²) in [6.45, 7) is 1.76. The number of carboxylic acid groups (broad SMARTS) is 1. The number of benzene rings is 2.